The van der Waals surface area contributed by atoms with Crippen molar-refractivity contribution in [1.29, 1.82) is 0 Å². The van der Waals surface area contributed by atoms with Crippen LogP contribution in [-0.2, 0) is 6.54 Å². The second kappa shape index (κ2) is 5.26. The van der Waals surface area contributed by atoms with Gasteiger partial charge in [-0.05, 0) is 34.7 Å². The molecular formula is C11H7BrFIN2O. The molecule has 0 aliphatic heterocycles. The van der Waals surface area contributed by atoms with E-state index < -0.39 is 0 Å². The summed E-state index contributed by atoms with van der Waals surface area (Å²) in [5.41, 5.74) is 0.197. The van der Waals surface area contributed by atoms with Gasteiger partial charge in [-0.1, -0.05) is 22.0 Å². The first-order valence-corrected chi connectivity index (χ1v) is 6.60. The van der Waals surface area contributed by atoms with E-state index in [-0.39, 0.29) is 17.9 Å². The molecule has 0 N–H and O–H groups in total. The van der Waals surface area contributed by atoms with Gasteiger partial charge in [0.05, 0.1) is 12.7 Å². The van der Waals surface area contributed by atoms with Crippen LogP contribution in [0, 0.1) is 9.39 Å². The molecule has 0 amide bonds. The number of hydrogen-bond donors (Lipinski definition) is 0. The van der Waals surface area contributed by atoms with Crippen molar-refractivity contribution >= 4 is 38.5 Å². The van der Waals surface area contributed by atoms with E-state index >= 15 is 0 Å². The Bertz CT molecular complexity index is 615. The van der Waals surface area contributed by atoms with Gasteiger partial charge in [0, 0.05) is 19.7 Å². The minimum atomic E-state index is -0.355. The van der Waals surface area contributed by atoms with Crippen molar-refractivity contribution in [3.8, 4) is 0 Å². The minimum Gasteiger partial charge on any atom is -0.268 e. The molecule has 1 aromatic heterocycles. The van der Waals surface area contributed by atoms with Crippen LogP contribution in [0.4, 0.5) is 4.39 Å². The smallest absolute Gasteiger partial charge is 0.268 e. The predicted octanol–water partition coefficient (Wildman–Crippen LogP) is 2.80. The third kappa shape index (κ3) is 3.12. The van der Waals surface area contributed by atoms with E-state index in [9.17, 15) is 9.18 Å². The van der Waals surface area contributed by atoms with Gasteiger partial charge in [-0.15, -0.1) is 0 Å². The highest BCUT2D eigenvalue weighted by molar-refractivity contribution is 14.1. The van der Waals surface area contributed by atoms with Crippen LogP contribution >= 0.6 is 38.5 Å². The van der Waals surface area contributed by atoms with E-state index in [4.69, 9.17) is 0 Å². The third-order valence-electron chi connectivity index (χ3n) is 2.17. The Balaban J connectivity index is 2.35. The first-order valence-electron chi connectivity index (χ1n) is 4.73. The quantitative estimate of drug-likeness (QED) is 0.716. The standard InChI is InChI=1S/C11H7BrFIN2O/c12-8-2-1-7(10(13)3-8)6-16-11(17)4-9(14)5-15-16/h1-5H,6H2. The largest absolute Gasteiger partial charge is 0.268 e. The van der Waals surface area contributed by atoms with Crippen LogP contribution in [0.2, 0.25) is 0 Å². The number of rotatable bonds is 2. The summed E-state index contributed by atoms with van der Waals surface area (Å²) in [7, 11) is 0. The molecule has 1 aromatic carbocycles. The van der Waals surface area contributed by atoms with E-state index in [2.05, 4.69) is 21.0 Å². The van der Waals surface area contributed by atoms with Gasteiger partial charge in [0.1, 0.15) is 5.82 Å². The molecule has 0 aliphatic rings. The molecule has 0 saturated carbocycles. The zero-order chi connectivity index (χ0) is 12.4. The van der Waals surface area contributed by atoms with E-state index in [0.29, 0.717) is 10.0 Å². The summed E-state index contributed by atoms with van der Waals surface area (Å²) in [6, 6.07) is 6.19. The van der Waals surface area contributed by atoms with E-state index in [1.165, 1.54) is 16.8 Å². The van der Waals surface area contributed by atoms with Gasteiger partial charge in [-0.3, -0.25) is 4.79 Å². The minimum absolute atomic E-state index is 0.134. The van der Waals surface area contributed by atoms with Crippen LogP contribution in [0.25, 0.3) is 0 Å². The molecule has 3 nitrogen and oxygen atoms in total. The van der Waals surface area contributed by atoms with E-state index in [0.717, 1.165) is 3.57 Å². The molecule has 0 fully saturated rings. The number of hydrogen-bond acceptors (Lipinski definition) is 2. The van der Waals surface area contributed by atoms with Gasteiger partial charge in [0.15, 0.2) is 0 Å². The van der Waals surface area contributed by atoms with Crippen molar-refractivity contribution in [3.63, 3.8) is 0 Å². The van der Waals surface area contributed by atoms with Gasteiger partial charge < -0.3 is 0 Å². The highest BCUT2D eigenvalue weighted by Crippen LogP contribution is 2.15. The maximum atomic E-state index is 13.6. The molecule has 0 radical (unpaired) electrons. The molecule has 88 valence electrons. The molecular weight excluding hydrogens is 402 g/mol. The van der Waals surface area contributed by atoms with Crippen LogP contribution < -0.4 is 5.56 Å². The Hall–Kier alpha value is -0.760. The molecule has 0 bridgehead atoms. The summed E-state index contributed by atoms with van der Waals surface area (Å²) in [5, 5.41) is 3.95. The van der Waals surface area contributed by atoms with Gasteiger partial charge in [0.25, 0.3) is 5.56 Å². The van der Waals surface area contributed by atoms with Crippen LogP contribution in [0.1, 0.15) is 5.56 Å². The predicted molar refractivity (Wildman–Crippen MR) is 74.4 cm³/mol. The summed E-state index contributed by atoms with van der Waals surface area (Å²) < 4.78 is 16.2. The Morgan fingerprint density at radius 2 is 2.18 bits per heavy atom. The number of aromatic nitrogens is 2. The zero-order valence-corrected chi connectivity index (χ0v) is 12.3. The average Bonchev–Trinajstić information content (AvgIpc) is 2.25. The lowest BCUT2D eigenvalue weighted by atomic mass is 10.2. The fourth-order valence-corrected chi connectivity index (χ4v) is 2.07. The van der Waals surface area contributed by atoms with Crippen LogP contribution in [0.15, 0.2) is 39.7 Å². The first-order chi connectivity index (χ1) is 8.06. The normalized spacial score (nSPS) is 10.5. The second-order valence-corrected chi connectivity index (χ2v) is 5.57. The molecule has 17 heavy (non-hydrogen) atoms. The molecule has 1 heterocycles. The van der Waals surface area contributed by atoms with Gasteiger partial charge >= 0.3 is 0 Å². The summed E-state index contributed by atoms with van der Waals surface area (Å²) in [6.45, 7) is 0.134. The summed E-state index contributed by atoms with van der Waals surface area (Å²) >= 11 is 5.19. The Morgan fingerprint density at radius 1 is 1.41 bits per heavy atom. The van der Waals surface area contributed by atoms with Crippen molar-refractivity contribution in [2.75, 3.05) is 0 Å². The van der Waals surface area contributed by atoms with Gasteiger partial charge in [-0.25, -0.2) is 9.07 Å². The number of nitrogens with zero attached hydrogens (tertiary/aromatic N) is 2. The van der Waals surface area contributed by atoms with Crippen molar-refractivity contribution in [2.24, 2.45) is 0 Å². The second-order valence-electron chi connectivity index (χ2n) is 3.41. The molecule has 0 saturated heterocycles. The van der Waals surface area contributed by atoms with Crippen molar-refractivity contribution < 1.29 is 4.39 Å². The van der Waals surface area contributed by atoms with Gasteiger partial charge in [-0.2, -0.15) is 5.10 Å². The van der Waals surface area contributed by atoms with Crippen molar-refractivity contribution in [2.45, 2.75) is 6.54 Å². The average molecular weight is 409 g/mol. The Morgan fingerprint density at radius 3 is 2.82 bits per heavy atom. The lowest BCUT2D eigenvalue weighted by molar-refractivity contribution is 0.571. The van der Waals surface area contributed by atoms with Crippen LogP contribution in [0.5, 0.6) is 0 Å². The molecule has 2 aromatic rings. The summed E-state index contributed by atoms with van der Waals surface area (Å²) in [5.74, 6) is -0.355. The number of benzene rings is 1. The number of halogens is 3. The monoisotopic (exact) mass is 408 g/mol. The zero-order valence-electron chi connectivity index (χ0n) is 8.53. The van der Waals surface area contributed by atoms with E-state index in [1.807, 2.05) is 22.6 Å². The maximum absolute atomic E-state index is 13.6. The molecule has 2 rings (SSSR count). The lowest BCUT2D eigenvalue weighted by Gasteiger charge is -2.05. The fraction of sp³-hybridized carbons (Fsp3) is 0.0909. The SMILES string of the molecule is O=c1cc(I)cnn1Cc1ccc(Br)cc1F. The Kier molecular flexibility index (Phi) is 3.93. The topological polar surface area (TPSA) is 34.9 Å². The molecule has 0 unspecified atom stereocenters. The van der Waals surface area contributed by atoms with Gasteiger partial charge in [0.2, 0.25) is 0 Å². The maximum Gasteiger partial charge on any atom is 0.268 e. The van der Waals surface area contributed by atoms with Crippen molar-refractivity contribution in [3.05, 3.63) is 60.2 Å². The van der Waals surface area contributed by atoms with Crippen LogP contribution in [-0.4, -0.2) is 9.78 Å². The lowest BCUT2D eigenvalue weighted by Crippen LogP contribution is -2.23. The molecule has 0 aliphatic carbocycles. The fourth-order valence-electron chi connectivity index (χ4n) is 1.34. The van der Waals surface area contributed by atoms with Crippen molar-refractivity contribution in [1.82, 2.24) is 9.78 Å². The summed E-state index contributed by atoms with van der Waals surface area (Å²) in [4.78, 5) is 11.6. The highest BCUT2D eigenvalue weighted by Gasteiger charge is 2.05. The highest BCUT2D eigenvalue weighted by atomic mass is 127. The van der Waals surface area contributed by atoms with Crippen LogP contribution in [0.3, 0.4) is 0 Å². The Labute approximate surface area is 119 Å². The third-order valence-corrected chi connectivity index (χ3v) is 3.25. The first kappa shape index (κ1) is 12.7. The van der Waals surface area contributed by atoms with E-state index in [1.54, 1.807) is 18.3 Å². The molecule has 0 spiro atoms. The summed E-state index contributed by atoms with van der Waals surface area (Å²) in [6.07, 6.45) is 1.57. The molecule has 6 heteroatoms. The molecule has 0 atom stereocenters.